The number of rotatable bonds is 4. The van der Waals surface area contributed by atoms with E-state index in [0.29, 0.717) is 0 Å². The molecule has 0 bridgehead atoms. The Morgan fingerprint density at radius 3 is 1.12 bits per heavy atom. The topological polar surface area (TPSA) is 154 Å². The van der Waals surface area contributed by atoms with E-state index >= 15 is 0 Å². The second-order valence-electron chi connectivity index (χ2n) is 4.26. The normalized spacial score (nSPS) is 12.5. The maximum atomic E-state index is 5.26. The van der Waals surface area contributed by atoms with E-state index in [-0.39, 0.29) is 11.9 Å². The van der Waals surface area contributed by atoms with Gasteiger partial charge in [0.15, 0.2) is 23.2 Å². The summed E-state index contributed by atoms with van der Waals surface area (Å²) in [6.07, 6.45) is 0. The van der Waals surface area contributed by atoms with E-state index in [2.05, 4.69) is 20.2 Å². The Labute approximate surface area is 94.9 Å². The number of nitrogens with two attached hydrogens (primary N) is 4. The summed E-state index contributed by atoms with van der Waals surface area (Å²) in [6.45, 7) is 6.84. The van der Waals surface area contributed by atoms with Gasteiger partial charge in [0, 0.05) is 0 Å². The van der Waals surface area contributed by atoms with Gasteiger partial charge in [0.2, 0.25) is 0 Å². The van der Waals surface area contributed by atoms with Crippen molar-refractivity contribution in [2.45, 2.75) is 39.0 Å². The van der Waals surface area contributed by atoms with Crippen LogP contribution in [0.1, 0.15) is 27.7 Å². The molecule has 0 amide bonds. The van der Waals surface area contributed by atoms with Crippen LogP contribution in [-0.2, 0) is 0 Å². The SMILES string of the molecule is CC(C)(N=NC(C)(C)N=C(N)N)N=C(N)N. The Bertz CT molecular complexity index is 285. The largest absolute Gasteiger partial charge is 0.370 e. The van der Waals surface area contributed by atoms with E-state index in [1.165, 1.54) is 0 Å². The molecule has 0 saturated heterocycles. The summed E-state index contributed by atoms with van der Waals surface area (Å²) in [5.74, 6) is -0.104. The lowest BCUT2D eigenvalue weighted by molar-refractivity contribution is 0.441. The van der Waals surface area contributed by atoms with Gasteiger partial charge in [-0.05, 0) is 27.7 Å². The molecule has 0 aromatic carbocycles. The Morgan fingerprint density at radius 2 is 0.938 bits per heavy atom. The minimum Gasteiger partial charge on any atom is -0.370 e. The van der Waals surface area contributed by atoms with Gasteiger partial charge in [0.05, 0.1) is 0 Å². The minimum atomic E-state index is -0.838. The molecule has 0 fully saturated rings. The third kappa shape index (κ3) is 6.57. The van der Waals surface area contributed by atoms with Gasteiger partial charge in [0.25, 0.3) is 0 Å². The molecular formula is C8H20N8. The predicted molar refractivity (Wildman–Crippen MR) is 64.6 cm³/mol. The number of hydrogen-bond donors (Lipinski definition) is 4. The molecule has 8 N–H and O–H groups in total. The van der Waals surface area contributed by atoms with Crippen LogP contribution in [0.5, 0.6) is 0 Å². The highest BCUT2D eigenvalue weighted by atomic mass is 15.3. The number of aliphatic imine (C=N–C) groups is 2. The van der Waals surface area contributed by atoms with E-state index < -0.39 is 11.3 Å². The molecule has 0 spiro atoms. The van der Waals surface area contributed by atoms with Crippen LogP contribution in [0.25, 0.3) is 0 Å². The molecule has 0 atom stereocenters. The molecule has 8 nitrogen and oxygen atoms in total. The standard InChI is InChI=1S/C8H20N8/c1-7(2,13-5(9)10)15-16-8(3,4)14-6(11)12/h1-4H3,(H4,9,10,13)(H4,11,12,14). The van der Waals surface area contributed by atoms with Crippen LogP contribution in [0.2, 0.25) is 0 Å². The van der Waals surface area contributed by atoms with Crippen molar-refractivity contribution >= 4 is 11.9 Å². The summed E-state index contributed by atoms with van der Waals surface area (Å²) in [5.41, 5.74) is 19.4. The van der Waals surface area contributed by atoms with Crippen molar-refractivity contribution in [2.24, 2.45) is 43.1 Å². The van der Waals surface area contributed by atoms with Gasteiger partial charge in [-0.25, -0.2) is 9.98 Å². The summed E-state index contributed by atoms with van der Waals surface area (Å²) >= 11 is 0. The smallest absolute Gasteiger partial charge is 0.188 e. The highest BCUT2D eigenvalue weighted by Gasteiger charge is 2.19. The summed E-state index contributed by atoms with van der Waals surface area (Å²) in [5, 5.41) is 7.96. The fourth-order valence-corrected chi connectivity index (χ4v) is 0.921. The first-order valence-corrected chi connectivity index (χ1v) is 4.70. The number of nitrogens with zero attached hydrogens (tertiary/aromatic N) is 4. The van der Waals surface area contributed by atoms with Gasteiger partial charge in [0.1, 0.15) is 0 Å². The Kier molecular flexibility index (Phi) is 4.22. The number of hydrogen-bond acceptors (Lipinski definition) is 4. The summed E-state index contributed by atoms with van der Waals surface area (Å²) in [7, 11) is 0. The first kappa shape index (κ1) is 14.1. The Morgan fingerprint density at radius 1 is 0.688 bits per heavy atom. The zero-order valence-corrected chi connectivity index (χ0v) is 10.1. The van der Waals surface area contributed by atoms with E-state index in [1.807, 2.05) is 0 Å². The van der Waals surface area contributed by atoms with Crippen molar-refractivity contribution < 1.29 is 0 Å². The van der Waals surface area contributed by atoms with Crippen molar-refractivity contribution in [3.63, 3.8) is 0 Å². The van der Waals surface area contributed by atoms with Crippen LogP contribution in [0.15, 0.2) is 20.2 Å². The molecule has 0 aliphatic rings. The molecule has 0 aliphatic carbocycles. The van der Waals surface area contributed by atoms with E-state index in [4.69, 9.17) is 22.9 Å². The van der Waals surface area contributed by atoms with Crippen molar-refractivity contribution in [1.82, 2.24) is 0 Å². The zero-order valence-electron chi connectivity index (χ0n) is 10.1. The predicted octanol–water partition coefficient (Wildman–Crippen LogP) is -0.542. The highest BCUT2D eigenvalue weighted by molar-refractivity contribution is 5.76. The monoisotopic (exact) mass is 228 g/mol. The van der Waals surface area contributed by atoms with Crippen molar-refractivity contribution in [3.8, 4) is 0 Å². The molecule has 92 valence electrons. The Hall–Kier alpha value is -1.86. The lowest BCUT2D eigenvalue weighted by Crippen LogP contribution is -2.30. The molecule has 0 rings (SSSR count). The van der Waals surface area contributed by atoms with Crippen LogP contribution in [0, 0.1) is 0 Å². The summed E-state index contributed by atoms with van der Waals surface area (Å²) in [6, 6.07) is 0. The molecule has 0 unspecified atom stereocenters. The third-order valence-electron chi connectivity index (χ3n) is 1.34. The molecule has 0 radical (unpaired) electrons. The summed E-state index contributed by atoms with van der Waals surface area (Å²) in [4.78, 5) is 7.78. The molecule has 0 aromatic rings. The zero-order chi connectivity index (χ0) is 13.0. The van der Waals surface area contributed by atoms with Gasteiger partial charge in [-0.1, -0.05) is 0 Å². The molecular weight excluding hydrogens is 208 g/mol. The van der Waals surface area contributed by atoms with Crippen molar-refractivity contribution in [3.05, 3.63) is 0 Å². The van der Waals surface area contributed by atoms with Gasteiger partial charge in [-0.15, -0.1) is 0 Å². The molecule has 0 aliphatic heterocycles. The minimum absolute atomic E-state index is 0.0522. The lowest BCUT2D eigenvalue weighted by Gasteiger charge is -2.17. The first-order valence-electron chi connectivity index (χ1n) is 4.70. The van der Waals surface area contributed by atoms with Gasteiger partial charge < -0.3 is 22.9 Å². The Balaban J connectivity index is 4.85. The molecule has 0 aromatic heterocycles. The second kappa shape index (κ2) is 4.77. The van der Waals surface area contributed by atoms with Crippen LogP contribution in [0.3, 0.4) is 0 Å². The fraction of sp³-hybridized carbons (Fsp3) is 0.750. The first-order chi connectivity index (χ1) is 7.04. The van der Waals surface area contributed by atoms with Gasteiger partial charge in [-0.2, -0.15) is 10.2 Å². The highest BCUT2D eigenvalue weighted by Crippen LogP contribution is 2.17. The van der Waals surface area contributed by atoms with Crippen molar-refractivity contribution in [2.75, 3.05) is 0 Å². The maximum Gasteiger partial charge on any atom is 0.188 e. The average Bonchev–Trinajstić information content (AvgIpc) is 1.96. The third-order valence-corrected chi connectivity index (χ3v) is 1.34. The van der Waals surface area contributed by atoms with Crippen LogP contribution in [-0.4, -0.2) is 23.2 Å². The summed E-state index contributed by atoms with van der Waals surface area (Å²) < 4.78 is 0. The number of guanidine groups is 2. The fourth-order valence-electron chi connectivity index (χ4n) is 0.921. The average molecular weight is 228 g/mol. The molecule has 0 saturated carbocycles. The van der Waals surface area contributed by atoms with Crippen LogP contribution >= 0.6 is 0 Å². The second-order valence-corrected chi connectivity index (χ2v) is 4.26. The van der Waals surface area contributed by atoms with Crippen LogP contribution < -0.4 is 22.9 Å². The van der Waals surface area contributed by atoms with E-state index in [1.54, 1.807) is 27.7 Å². The molecule has 0 heterocycles. The van der Waals surface area contributed by atoms with Gasteiger partial charge in [-0.3, -0.25) is 0 Å². The van der Waals surface area contributed by atoms with Gasteiger partial charge >= 0.3 is 0 Å². The van der Waals surface area contributed by atoms with Crippen LogP contribution in [0.4, 0.5) is 0 Å². The molecule has 16 heavy (non-hydrogen) atoms. The quantitative estimate of drug-likeness (QED) is 0.290. The van der Waals surface area contributed by atoms with E-state index in [0.717, 1.165) is 0 Å². The maximum absolute atomic E-state index is 5.26. The number of azo groups is 1. The van der Waals surface area contributed by atoms with Crippen molar-refractivity contribution in [1.29, 1.82) is 0 Å². The van der Waals surface area contributed by atoms with E-state index in [9.17, 15) is 0 Å². The lowest BCUT2D eigenvalue weighted by atomic mass is 10.3. The molecule has 8 heteroatoms.